The predicted molar refractivity (Wildman–Crippen MR) is 194 cm³/mol. The van der Waals surface area contributed by atoms with Gasteiger partial charge in [-0.15, -0.1) is 0 Å². The number of aromatic amines is 1. The smallest absolute Gasteiger partial charge is 0.273 e. The summed E-state index contributed by atoms with van der Waals surface area (Å²) in [6.45, 7) is 15.4. The zero-order valence-electron chi connectivity index (χ0n) is 27.7. The average molecular weight is 700 g/mol. The summed E-state index contributed by atoms with van der Waals surface area (Å²) in [5, 5.41) is 3.63. The van der Waals surface area contributed by atoms with Gasteiger partial charge in [-0.3, -0.25) is 9.89 Å². The van der Waals surface area contributed by atoms with Crippen LogP contribution >= 0.6 is 34.8 Å². The third-order valence-electron chi connectivity index (χ3n) is 8.37. The van der Waals surface area contributed by atoms with Gasteiger partial charge in [0.15, 0.2) is 18.6 Å². The number of aromatic nitrogens is 2. The summed E-state index contributed by atoms with van der Waals surface area (Å²) in [5.74, 6) is 1.54. The first-order chi connectivity index (χ1) is 22.3. The van der Waals surface area contributed by atoms with Gasteiger partial charge < -0.3 is 14.2 Å². The maximum absolute atomic E-state index is 12.5. The van der Waals surface area contributed by atoms with Crippen molar-refractivity contribution in [2.75, 3.05) is 0 Å². The first-order valence-electron chi connectivity index (χ1n) is 15.5. The van der Waals surface area contributed by atoms with Gasteiger partial charge in [-0.1, -0.05) is 101 Å². The summed E-state index contributed by atoms with van der Waals surface area (Å²) in [7, 11) is 0. The van der Waals surface area contributed by atoms with Crippen LogP contribution in [-0.2, 0) is 15.6 Å². The maximum Gasteiger partial charge on any atom is 0.273 e. The van der Waals surface area contributed by atoms with E-state index >= 15 is 0 Å². The van der Waals surface area contributed by atoms with Crippen molar-refractivity contribution < 1.29 is 14.2 Å². The highest BCUT2D eigenvalue weighted by Crippen LogP contribution is 2.39. The van der Waals surface area contributed by atoms with Crippen LogP contribution < -0.4 is 15.0 Å². The third-order valence-corrected chi connectivity index (χ3v) is 9.17. The van der Waals surface area contributed by atoms with E-state index in [0.29, 0.717) is 22.9 Å². The molecule has 0 aliphatic carbocycles. The second kappa shape index (κ2) is 15.5. The van der Waals surface area contributed by atoms with Crippen LogP contribution in [0.5, 0.6) is 11.5 Å². The molecule has 0 aliphatic rings. The van der Waals surface area contributed by atoms with Gasteiger partial charge in [-0.25, -0.2) is 14.7 Å². The van der Waals surface area contributed by atoms with Gasteiger partial charge >= 0.3 is 0 Å². The molecule has 0 radical (unpaired) electrons. The molecule has 1 aromatic heterocycles. The minimum atomic E-state index is -0.520. The van der Waals surface area contributed by atoms with Gasteiger partial charge in [0.05, 0.1) is 15.7 Å². The minimum Gasteiger partial charge on any atom is -0.455 e. The second-order valence-corrected chi connectivity index (χ2v) is 13.6. The lowest BCUT2D eigenvalue weighted by Crippen LogP contribution is -2.24. The van der Waals surface area contributed by atoms with Gasteiger partial charge in [0.25, 0.3) is 5.56 Å². The molecule has 8 nitrogen and oxygen atoms in total. The SMILES string of the molecule is CCC(OC=Nc1cccc(OC=Nc2cc(=O)n(-c3c(Cl)cc(Cl)cc3Cl)[nH]2)c1)Oc1ccc(C(C)(C)CC)cc1C(C)(C)CC. The topological polar surface area (TPSA) is 90.2 Å². The number of hydrogen-bond acceptors (Lipinski definition) is 6. The first kappa shape index (κ1) is 36.1. The van der Waals surface area contributed by atoms with E-state index in [1.165, 1.54) is 46.8 Å². The van der Waals surface area contributed by atoms with Gasteiger partial charge in [-0.2, -0.15) is 0 Å². The van der Waals surface area contributed by atoms with E-state index in [0.717, 1.165) is 18.6 Å². The highest BCUT2D eigenvalue weighted by atomic mass is 35.5. The molecule has 0 spiro atoms. The van der Waals surface area contributed by atoms with E-state index in [4.69, 9.17) is 49.0 Å². The molecule has 47 heavy (non-hydrogen) atoms. The molecule has 0 bridgehead atoms. The van der Waals surface area contributed by atoms with E-state index < -0.39 is 11.8 Å². The summed E-state index contributed by atoms with van der Waals surface area (Å²) >= 11 is 18.5. The Hall–Kier alpha value is -3.72. The number of nitrogens with one attached hydrogen (secondary N) is 1. The van der Waals surface area contributed by atoms with Crippen LogP contribution in [0.4, 0.5) is 11.5 Å². The number of hydrogen-bond donors (Lipinski definition) is 1. The van der Waals surface area contributed by atoms with Crippen LogP contribution in [0.1, 0.15) is 78.9 Å². The highest BCUT2D eigenvalue weighted by Gasteiger charge is 2.27. The van der Waals surface area contributed by atoms with Crippen molar-refractivity contribution in [3.8, 4) is 17.2 Å². The fraction of sp³-hybridized carbons (Fsp3) is 0.361. The number of aliphatic imine (C=N–C) groups is 2. The molecule has 1 N–H and O–H groups in total. The molecule has 11 heteroatoms. The molecule has 4 aromatic rings. The Morgan fingerprint density at radius 1 is 0.872 bits per heavy atom. The monoisotopic (exact) mass is 698 g/mol. The molecule has 4 rings (SSSR count). The predicted octanol–water partition coefficient (Wildman–Crippen LogP) is 10.7. The molecule has 0 saturated carbocycles. The fourth-order valence-electron chi connectivity index (χ4n) is 4.63. The minimum absolute atomic E-state index is 0.0668. The van der Waals surface area contributed by atoms with Crippen molar-refractivity contribution in [3.63, 3.8) is 0 Å². The molecule has 0 amide bonds. The van der Waals surface area contributed by atoms with Crippen molar-refractivity contribution in [1.82, 2.24) is 9.78 Å². The summed E-state index contributed by atoms with van der Waals surface area (Å²) < 4.78 is 19.2. The second-order valence-electron chi connectivity index (χ2n) is 12.4. The average Bonchev–Trinajstić information content (AvgIpc) is 3.39. The molecule has 1 heterocycles. The van der Waals surface area contributed by atoms with E-state index in [1.54, 1.807) is 18.2 Å². The molecule has 250 valence electrons. The number of benzene rings is 3. The van der Waals surface area contributed by atoms with Crippen molar-refractivity contribution in [2.24, 2.45) is 9.98 Å². The summed E-state index contributed by atoms with van der Waals surface area (Å²) in [4.78, 5) is 21.2. The van der Waals surface area contributed by atoms with Crippen molar-refractivity contribution >= 4 is 59.1 Å². The Bertz CT molecular complexity index is 1790. The lowest BCUT2D eigenvalue weighted by atomic mass is 9.76. The molecule has 3 aromatic carbocycles. The number of ether oxygens (including phenoxy) is 3. The summed E-state index contributed by atoms with van der Waals surface area (Å²) in [5.41, 5.74) is 2.94. The number of H-pyrrole nitrogens is 1. The van der Waals surface area contributed by atoms with Crippen molar-refractivity contribution in [2.45, 2.75) is 84.8 Å². The van der Waals surface area contributed by atoms with Gasteiger partial charge in [0.2, 0.25) is 6.29 Å². The Labute approximate surface area is 291 Å². The molecule has 0 fully saturated rings. The lowest BCUT2D eigenvalue weighted by Gasteiger charge is -2.31. The first-order valence-corrected chi connectivity index (χ1v) is 16.7. The Kier molecular flexibility index (Phi) is 11.9. The molecular formula is C36H41Cl3N4O4. The van der Waals surface area contributed by atoms with Gasteiger partial charge in [0.1, 0.15) is 17.2 Å². The van der Waals surface area contributed by atoms with Crippen LogP contribution in [0.25, 0.3) is 5.69 Å². The van der Waals surface area contributed by atoms with Crippen LogP contribution in [0, 0.1) is 0 Å². The Morgan fingerprint density at radius 2 is 1.57 bits per heavy atom. The number of halogens is 3. The third kappa shape index (κ3) is 9.01. The normalized spacial score (nSPS) is 13.0. The summed E-state index contributed by atoms with van der Waals surface area (Å²) in [6.07, 6.45) is 4.72. The molecule has 0 saturated heterocycles. The zero-order chi connectivity index (χ0) is 34.4. The quantitative estimate of drug-likeness (QED) is 0.0806. The van der Waals surface area contributed by atoms with Gasteiger partial charge in [0, 0.05) is 29.1 Å². The number of rotatable bonds is 14. The van der Waals surface area contributed by atoms with Gasteiger partial charge in [-0.05, 0) is 59.6 Å². The Balaban J connectivity index is 1.42. The maximum atomic E-state index is 12.5. The van der Waals surface area contributed by atoms with E-state index in [1.807, 2.05) is 13.0 Å². The van der Waals surface area contributed by atoms with Crippen molar-refractivity contribution in [1.29, 1.82) is 0 Å². The molecular weight excluding hydrogens is 659 g/mol. The zero-order valence-corrected chi connectivity index (χ0v) is 30.0. The van der Waals surface area contributed by atoms with E-state index in [-0.39, 0.29) is 32.4 Å². The molecule has 0 aliphatic heterocycles. The van der Waals surface area contributed by atoms with E-state index in [9.17, 15) is 4.79 Å². The molecule has 1 atom stereocenters. The van der Waals surface area contributed by atoms with Crippen LogP contribution in [-0.4, -0.2) is 28.9 Å². The number of nitrogens with zero attached hydrogens (tertiary/aromatic N) is 3. The van der Waals surface area contributed by atoms with Crippen LogP contribution in [0.3, 0.4) is 0 Å². The largest absolute Gasteiger partial charge is 0.455 e. The molecule has 1 unspecified atom stereocenters. The van der Waals surface area contributed by atoms with Crippen LogP contribution in [0.2, 0.25) is 15.1 Å². The lowest BCUT2D eigenvalue weighted by molar-refractivity contribution is -0.00276. The van der Waals surface area contributed by atoms with Crippen molar-refractivity contribution in [3.05, 3.63) is 97.2 Å². The highest BCUT2D eigenvalue weighted by molar-refractivity contribution is 6.40. The van der Waals surface area contributed by atoms with Crippen LogP contribution in [0.15, 0.2) is 75.4 Å². The standard InChI is InChI=1S/C36H41Cl3N4O4/c1-8-33(47-30-15-14-23(35(4,5)9-2)16-27(30)36(6,7)10-3)46-21-40-25-12-11-13-26(19-25)45-22-41-31-20-32(44)43(42-31)34-28(38)17-24(37)18-29(34)39/h11-22,33,42H,8-10H2,1-7H3. The fourth-order valence-corrected chi connectivity index (χ4v) is 5.62. The Morgan fingerprint density at radius 3 is 2.23 bits per heavy atom. The summed E-state index contributed by atoms with van der Waals surface area (Å²) in [6, 6.07) is 17.9. The van der Waals surface area contributed by atoms with E-state index in [2.05, 4.69) is 74.8 Å².